The summed E-state index contributed by atoms with van der Waals surface area (Å²) in [5.74, 6) is 0. The monoisotopic (exact) mass is 744 g/mol. The van der Waals surface area contributed by atoms with Gasteiger partial charge in [-0.1, -0.05) is 146 Å². The fourth-order valence-corrected chi connectivity index (χ4v) is 10.2. The third kappa shape index (κ3) is 5.01. The Bertz CT molecular complexity index is 3500. The Morgan fingerprint density at radius 2 is 1.00 bits per heavy atom. The van der Waals surface area contributed by atoms with Gasteiger partial charge in [-0.05, 0) is 70.8 Å². The maximum absolute atomic E-state index is 6.57. The Morgan fingerprint density at radius 1 is 0.404 bits per heavy atom. The zero-order valence-electron chi connectivity index (χ0n) is 30.7. The van der Waals surface area contributed by atoms with E-state index in [-0.39, 0.29) is 0 Å². The molecule has 0 atom stereocenters. The molecule has 0 saturated carbocycles. The average molecular weight is 745 g/mol. The molecule has 0 aliphatic rings. The maximum Gasteiger partial charge on any atom is 0.144 e. The summed E-state index contributed by atoms with van der Waals surface area (Å²) in [7, 11) is 0. The summed E-state index contributed by atoms with van der Waals surface area (Å²) >= 11 is 1.87. The number of furan rings is 1. The van der Waals surface area contributed by atoms with Crippen molar-refractivity contribution in [2.24, 2.45) is 0 Å². The van der Waals surface area contributed by atoms with Crippen molar-refractivity contribution in [2.45, 2.75) is 0 Å². The van der Waals surface area contributed by atoms with Crippen molar-refractivity contribution in [1.82, 2.24) is 9.55 Å². The number of thiophene rings is 1. The van der Waals surface area contributed by atoms with Crippen molar-refractivity contribution in [2.75, 3.05) is 0 Å². The quantitative estimate of drug-likeness (QED) is 0.176. The third-order valence-corrected chi connectivity index (χ3v) is 12.7. The largest absolute Gasteiger partial charge is 0.455 e. The number of para-hydroxylation sites is 4. The van der Waals surface area contributed by atoms with E-state index < -0.39 is 0 Å². The SMILES string of the molecule is c1ccc(-c2ccc(-c3cc(-c4cccc5c4oc4ccccc45)nc(-c4cccc5c4sc4c5ccc5c4c4ccccc4n5-c4ccccc4)c3)cc2)cc1. The lowest BCUT2D eigenvalue weighted by atomic mass is 9.97. The number of hydrogen-bond donors (Lipinski definition) is 0. The first-order valence-electron chi connectivity index (χ1n) is 19.3. The molecule has 8 aromatic carbocycles. The predicted octanol–water partition coefficient (Wildman–Crippen LogP) is 15.1. The minimum absolute atomic E-state index is 0.853. The van der Waals surface area contributed by atoms with Crippen LogP contribution in [0.3, 0.4) is 0 Å². The topological polar surface area (TPSA) is 31.0 Å². The smallest absolute Gasteiger partial charge is 0.144 e. The van der Waals surface area contributed by atoms with Crippen LogP contribution in [0.5, 0.6) is 0 Å². The number of rotatable bonds is 5. The average Bonchev–Trinajstić information content (AvgIpc) is 3.96. The minimum Gasteiger partial charge on any atom is -0.455 e. The molecule has 0 aliphatic heterocycles. The van der Waals surface area contributed by atoms with Gasteiger partial charge in [0, 0.05) is 58.5 Å². The summed E-state index contributed by atoms with van der Waals surface area (Å²) in [4.78, 5) is 5.50. The van der Waals surface area contributed by atoms with E-state index in [1.807, 2.05) is 23.5 Å². The minimum atomic E-state index is 0.853. The number of hydrogen-bond acceptors (Lipinski definition) is 3. The summed E-state index contributed by atoms with van der Waals surface area (Å²) < 4.78 is 11.5. The van der Waals surface area contributed by atoms with Crippen molar-refractivity contribution in [3.63, 3.8) is 0 Å². The Hall–Kier alpha value is -7.27. The molecular weight excluding hydrogens is 713 g/mol. The van der Waals surface area contributed by atoms with E-state index in [2.05, 4.69) is 187 Å². The van der Waals surface area contributed by atoms with E-state index in [0.717, 1.165) is 61.3 Å². The van der Waals surface area contributed by atoms with E-state index in [1.54, 1.807) is 0 Å². The van der Waals surface area contributed by atoms with Crippen molar-refractivity contribution < 1.29 is 4.42 Å². The van der Waals surface area contributed by atoms with Gasteiger partial charge in [-0.3, -0.25) is 0 Å². The lowest BCUT2D eigenvalue weighted by molar-refractivity contribution is 0.670. The van der Waals surface area contributed by atoms with Crippen LogP contribution in [0.1, 0.15) is 0 Å². The standard InChI is InChI=1S/C53H32N2OS/c1-3-13-33(14-4-1)34-25-27-35(28-26-34)36-31-45(42-21-11-19-39-38-17-8-10-24-49(38)56-51(39)42)54-46(32-36)43-22-12-20-40-41-29-30-48-50(53(41)57-52(40)43)44-18-7-9-23-47(44)55(48)37-15-5-2-6-16-37/h1-32H. The molecule has 0 bridgehead atoms. The van der Waals surface area contributed by atoms with Crippen LogP contribution in [0.4, 0.5) is 0 Å². The Morgan fingerprint density at radius 3 is 1.81 bits per heavy atom. The first-order chi connectivity index (χ1) is 28.3. The van der Waals surface area contributed by atoms with Crippen LogP contribution >= 0.6 is 11.3 Å². The van der Waals surface area contributed by atoms with Gasteiger partial charge < -0.3 is 8.98 Å². The van der Waals surface area contributed by atoms with Gasteiger partial charge in [-0.25, -0.2) is 4.98 Å². The van der Waals surface area contributed by atoms with E-state index in [0.29, 0.717) is 0 Å². The second kappa shape index (κ2) is 12.6. The fourth-order valence-electron chi connectivity index (χ4n) is 8.77. The molecule has 0 unspecified atom stereocenters. The van der Waals surface area contributed by atoms with Crippen molar-refractivity contribution in [3.8, 4) is 50.5 Å². The number of fused-ring (bicyclic) bond motifs is 10. The molecule has 266 valence electrons. The van der Waals surface area contributed by atoms with Crippen molar-refractivity contribution in [1.29, 1.82) is 0 Å². The summed E-state index contributed by atoms with van der Waals surface area (Å²) in [6.07, 6.45) is 0. The van der Waals surface area contributed by atoms with Crippen LogP contribution in [0.25, 0.3) is 114 Å². The lowest BCUT2D eigenvalue weighted by Gasteiger charge is -2.12. The summed E-state index contributed by atoms with van der Waals surface area (Å²) in [6, 6.07) is 69.4. The molecule has 57 heavy (non-hydrogen) atoms. The van der Waals surface area contributed by atoms with E-state index >= 15 is 0 Å². The van der Waals surface area contributed by atoms with Gasteiger partial charge in [-0.15, -0.1) is 11.3 Å². The number of aromatic nitrogens is 2. The fraction of sp³-hybridized carbons (Fsp3) is 0. The van der Waals surface area contributed by atoms with Crippen LogP contribution in [0.2, 0.25) is 0 Å². The molecule has 4 heterocycles. The van der Waals surface area contributed by atoms with Crippen LogP contribution in [-0.2, 0) is 0 Å². The molecule has 12 rings (SSSR count). The highest BCUT2D eigenvalue weighted by atomic mass is 32.1. The molecule has 0 amide bonds. The second-order valence-corrected chi connectivity index (χ2v) is 15.7. The van der Waals surface area contributed by atoms with E-state index in [9.17, 15) is 0 Å². The van der Waals surface area contributed by atoms with Gasteiger partial charge in [0.2, 0.25) is 0 Å². The highest BCUT2D eigenvalue weighted by Crippen LogP contribution is 2.47. The van der Waals surface area contributed by atoms with Gasteiger partial charge in [0.25, 0.3) is 0 Å². The van der Waals surface area contributed by atoms with Crippen LogP contribution in [0, 0.1) is 0 Å². The third-order valence-electron chi connectivity index (χ3n) is 11.4. The van der Waals surface area contributed by atoms with Gasteiger partial charge in [-0.2, -0.15) is 0 Å². The Balaban J connectivity index is 1.10. The van der Waals surface area contributed by atoms with Crippen molar-refractivity contribution >= 4 is 75.3 Å². The van der Waals surface area contributed by atoms with Crippen molar-refractivity contribution in [3.05, 3.63) is 194 Å². The van der Waals surface area contributed by atoms with Gasteiger partial charge in [0.15, 0.2) is 0 Å². The molecule has 0 aliphatic carbocycles. The molecule has 0 radical (unpaired) electrons. The molecule has 0 fully saturated rings. The molecule has 4 aromatic heterocycles. The van der Waals surface area contributed by atoms with E-state index in [4.69, 9.17) is 9.40 Å². The first kappa shape index (κ1) is 32.0. The molecule has 3 nitrogen and oxygen atoms in total. The predicted molar refractivity (Wildman–Crippen MR) is 240 cm³/mol. The molecule has 4 heteroatoms. The lowest BCUT2D eigenvalue weighted by Crippen LogP contribution is -1.92. The van der Waals surface area contributed by atoms with Gasteiger partial charge in [0.1, 0.15) is 11.2 Å². The molecule has 0 N–H and O–H groups in total. The summed E-state index contributed by atoms with van der Waals surface area (Å²) in [5.41, 5.74) is 13.9. The van der Waals surface area contributed by atoms with E-state index in [1.165, 1.54) is 53.1 Å². The zero-order valence-corrected chi connectivity index (χ0v) is 31.5. The Labute approximate surface area is 332 Å². The molecule has 0 spiro atoms. The molecular formula is C53H32N2OS. The normalized spacial score (nSPS) is 11.9. The zero-order chi connectivity index (χ0) is 37.5. The highest BCUT2D eigenvalue weighted by Gasteiger charge is 2.21. The number of benzene rings is 8. The summed E-state index contributed by atoms with van der Waals surface area (Å²) in [6.45, 7) is 0. The first-order valence-corrected chi connectivity index (χ1v) is 20.1. The Kier molecular flexibility index (Phi) is 7.10. The number of nitrogens with zero attached hydrogens (tertiary/aromatic N) is 2. The van der Waals surface area contributed by atoms with Gasteiger partial charge >= 0.3 is 0 Å². The molecule has 0 saturated heterocycles. The van der Waals surface area contributed by atoms with Crippen LogP contribution in [-0.4, -0.2) is 9.55 Å². The maximum atomic E-state index is 6.57. The summed E-state index contributed by atoms with van der Waals surface area (Å²) in [5, 5.41) is 7.25. The molecule has 12 aromatic rings. The van der Waals surface area contributed by atoms with Gasteiger partial charge in [0.05, 0.1) is 22.4 Å². The van der Waals surface area contributed by atoms with Crippen LogP contribution in [0.15, 0.2) is 199 Å². The number of pyridine rings is 1. The highest BCUT2D eigenvalue weighted by molar-refractivity contribution is 7.27. The second-order valence-electron chi connectivity index (χ2n) is 14.7. The van der Waals surface area contributed by atoms with Crippen LogP contribution < -0.4 is 0 Å².